The fourth-order valence-electron chi connectivity index (χ4n) is 3.58. The van der Waals surface area contributed by atoms with Crippen LogP contribution in [0.4, 0.5) is 8.78 Å². The molecule has 3 aromatic carbocycles. The van der Waals surface area contributed by atoms with E-state index in [1.165, 1.54) is 11.6 Å². The van der Waals surface area contributed by atoms with E-state index < -0.39 is 0 Å². The van der Waals surface area contributed by atoms with Gasteiger partial charge in [-0.05, 0) is 53.6 Å². The highest BCUT2D eigenvalue weighted by atomic mass is 19.1. The molecule has 3 rings (SSSR count). The number of hydrogen-bond acceptors (Lipinski definition) is 0. The molecule has 0 saturated heterocycles. The summed E-state index contributed by atoms with van der Waals surface area (Å²) in [5.74, 6) is -0.614. The molecule has 0 saturated carbocycles. The highest BCUT2D eigenvalue weighted by Crippen LogP contribution is 2.30. The summed E-state index contributed by atoms with van der Waals surface area (Å²) in [6.45, 7) is 4.30. The quantitative estimate of drug-likeness (QED) is 0.348. The third-order valence-corrected chi connectivity index (χ3v) is 5.19. The molecule has 0 spiro atoms. The summed E-state index contributed by atoms with van der Waals surface area (Å²) in [4.78, 5) is 0. The molecule has 0 fully saturated rings. The van der Waals surface area contributed by atoms with Crippen LogP contribution in [0.1, 0.15) is 50.7 Å². The number of aryl methyl sites for hydroxylation is 2. The van der Waals surface area contributed by atoms with Crippen LogP contribution in [0.25, 0.3) is 22.3 Å². The van der Waals surface area contributed by atoms with Crippen LogP contribution < -0.4 is 0 Å². The lowest BCUT2D eigenvalue weighted by Crippen LogP contribution is -1.92. The van der Waals surface area contributed by atoms with E-state index in [0.29, 0.717) is 16.7 Å². The maximum absolute atomic E-state index is 14.8. The molecule has 0 aliphatic rings. The number of rotatable bonds is 8. The summed E-state index contributed by atoms with van der Waals surface area (Å²) in [6, 6.07) is 18.3. The Labute approximate surface area is 167 Å². The Morgan fingerprint density at radius 3 is 1.82 bits per heavy atom. The van der Waals surface area contributed by atoms with Gasteiger partial charge in [-0.25, -0.2) is 8.78 Å². The molecular formula is C26H28F2. The lowest BCUT2D eigenvalue weighted by molar-refractivity contribution is 0.623. The van der Waals surface area contributed by atoms with Crippen LogP contribution in [-0.2, 0) is 12.8 Å². The molecule has 0 radical (unpaired) electrons. The molecule has 0 heterocycles. The topological polar surface area (TPSA) is 0 Å². The van der Waals surface area contributed by atoms with Crippen LogP contribution in [0.15, 0.2) is 60.7 Å². The van der Waals surface area contributed by atoms with Crippen LogP contribution in [-0.4, -0.2) is 0 Å². The van der Waals surface area contributed by atoms with Gasteiger partial charge in [-0.1, -0.05) is 81.6 Å². The molecule has 0 N–H and O–H groups in total. The first-order valence-electron chi connectivity index (χ1n) is 10.3. The van der Waals surface area contributed by atoms with E-state index in [2.05, 4.69) is 13.8 Å². The molecule has 0 amide bonds. The first-order chi connectivity index (χ1) is 13.6. The zero-order chi connectivity index (χ0) is 19.9. The summed E-state index contributed by atoms with van der Waals surface area (Å²) in [5, 5.41) is 0. The van der Waals surface area contributed by atoms with Crippen molar-refractivity contribution >= 4 is 0 Å². The molecule has 0 unspecified atom stereocenters. The Bertz CT molecular complexity index is 910. The summed E-state index contributed by atoms with van der Waals surface area (Å²) in [5.41, 5.74) is 4.66. The smallest absolute Gasteiger partial charge is 0.131 e. The van der Waals surface area contributed by atoms with Crippen molar-refractivity contribution in [1.29, 1.82) is 0 Å². The molecule has 0 aliphatic carbocycles. The monoisotopic (exact) mass is 378 g/mol. The lowest BCUT2D eigenvalue weighted by Gasteiger charge is -2.10. The molecule has 146 valence electrons. The van der Waals surface area contributed by atoms with Crippen LogP contribution in [0.3, 0.4) is 0 Å². The zero-order valence-electron chi connectivity index (χ0n) is 16.8. The summed E-state index contributed by atoms with van der Waals surface area (Å²) < 4.78 is 29.4. The Morgan fingerprint density at radius 1 is 0.571 bits per heavy atom. The standard InChI is InChI=1S/C26H28F2/c1-3-5-6-8-20-11-15-24(25(27)17-20)22-14-16-23(26(28)18-22)21-12-9-19(7-4-2)10-13-21/h9-18H,3-8H2,1-2H3. The van der Waals surface area contributed by atoms with Gasteiger partial charge >= 0.3 is 0 Å². The minimum absolute atomic E-state index is 0.287. The average molecular weight is 379 g/mol. The third-order valence-electron chi connectivity index (χ3n) is 5.19. The molecule has 0 aliphatic heterocycles. The SMILES string of the molecule is CCCCCc1ccc(-c2ccc(-c3ccc(CCC)cc3)c(F)c2)c(F)c1. The van der Waals surface area contributed by atoms with E-state index in [-0.39, 0.29) is 11.6 Å². The van der Waals surface area contributed by atoms with E-state index in [1.807, 2.05) is 30.3 Å². The highest BCUT2D eigenvalue weighted by Gasteiger charge is 2.11. The van der Waals surface area contributed by atoms with Crippen molar-refractivity contribution in [3.05, 3.63) is 83.4 Å². The minimum atomic E-state index is -0.327. The van der Waals surface area contributed by atoms with Gasteiger partial charge in [0.25, 0.3) is 0 Å². The second-order valence-corrected chi connectivity index (χ2v) is 7.41. The van der Waals surface area contributed by atoms with Crippen LogP contribution in [0, 0.1) is 11.6 Å². The van der Waals surface area contributed by atoms with Crippen LogP contribution >= 0.6 is 0 Å². The van der Waals surface area contributed by atoms with Gasteiger partial charge < -0.3 is 0 Å². The van der Waals surface area contributed by atoms with Gasteiger partial charge in [0.2, 0.25) is 0 Å². The largest absolute Gasteiger partial charge is 0.206 e. The highest BCUT2D eigenvalue weighted by molar-refractivity contribution is 5.71. The Morgan fingerprint density at radius 2 is 1.18 bits per heavy atom. The fourth-order valence-corrected chi connectivity index (χ4v) is 3.58. The Hall–Kier alpha value is -2.48. The van der Waals surface area contributed by atoms with Gasteiger partial charge in [0.05, 0.1) is 0 Å². The summed E-state index contributed by atoms with van der Waals surface area (Å²) in [7, 11) is 0. The van der Waals surface area contributed by atoms with Crippen molar-refractivity contribution in [3.63, 3.8) is 0 Å². The van der Waals surface area contributed by atoms with Crippen LogP contribution in [0.2, 0.25) is 0 Å². The number of halogens is 2. The van der Waals surface area contributed by atoms with E-state index in [0.717, 1.165) is 49.7 Å². The van der Waals surface area contributed by atoms with Crippen molar-refractivity contribution in [2.45, 2.75) is 52.4 Å². The first kappa shape index (κ1) is 20.3. The maximum atomic E-state index is 14.8. The van der Waals surface area contributed by atoms with Crippen molar-refractivity contribution in [2.24, 2.45) is 0 Å². The van der Waals surface area contributed by atoms with E-state index in [4.69, 9.17) is 0 Å². The van der Waals surface area contributed by atoms with Crippen LogP contribution in [0.5, 0.6) is 0 Å². The molecule has 0 atom stereocenters. The molecule has 3 aromatic rings. The molecule has 0 aromatic heterocycles. The maximum Gasteiger partial charge on any atom is 0.131 e. The predicted octanol–water partition coefficient (Wildman–Crippen LogP) is 7.98. The van der Waals surface area contributed by atoms with E-state index in [1.54, 1.807) is 24.3 Å². The van der Waals surface area contributed by atoms with E-state index >= 15 is 0 Å². The van der Waals surface area contributed by atoms with Gasteiger partial charge in [0.1, 0.15) is 11.6 Å². The molecule has 0 nitrogen and oxygen atoms in total. The van der Waals surface area contributed by atoms with Crippen molar-refractivity contribution < 1.29 is 8.78 Å². The normalized spacial score (nSPS) is 11.0. The second-order valence-electron chi connectivity index (χ2n) is 7.41. The van der Waals surface area contributed by atoms with Gasteiger partial charge in [-0.15, -0.1) is 0 Å². The summed E-state index contributed by atoms with van der Waals surface area (Å²) >= 11 is 0. The van der Waals surface area contributed by atoms with Gasteiger partial charge in [0.15, 0.2) is 0 Å². The average Bonchev–Trinajstić information content (AvgIpc) is 2.69. The third kappa shape index (κ3) is 4.86. The number of unbranched alkanes of at least 4 members (excludes halogenated alkanes) is 2. The predicted molar refractivity (Wildman–Crippen MR) is 114 cm³/mol. The second kappa shape index (κ2) is 9.64. The van der Waals surface area contributed by atoms with Crippen molar-refractivity contribution in [2.75, 3.05) is 0 Å². The first-order valence-corrected chi connectivity index (χ1v) is 10.3. The van der Waals surface area contributed by atoms with Gasteiger partial charge in [-0.2, -0.15) is 0 Å². The molecule has 2 heteroatoms. The van der Waals surface area contributed by atoms with Crippen molar-refractivity contribution in [3.8, 4) is 22.3 Å². The molecule has 0 bridgehead atoms. The summed E-state index contributed by atoms with van der Waals surface area (Å²) in [6.07, 6.45) is 6.35. The van der Waals surface area contributed by atoms with Gasteiger partial charge in [-0.3, -0.25) is 0 Å². The molecule has 28 heavy (non-hydrogen) atoms. The number of benzene rings is 3. The Balaban J connectivity index is 1.82. The van der Waals surface area contributed by atoms with Gasteiger partial charge in [0, 0.05) is 11.1 Å². The lowest BCUT2D eigenvalue weighted by atomic mass is 9.97. The minimum Gasteiger partial charge on any atom is -0.206 e. The zero-order valence-corrected chi connectivity index (χ0v) is 16.8. The fraction of sp³-hybridized carbons (Fsp3) is 0.308. The number of hydrogen-bond donors (Lipinski definition) is 0. The van der Waals surface area contributed by atoms with Crippen molar-refractivity contribution in [1.82, 2.24) is 0 Å². The van der Waals surface area contributed by atoms with E-state index in [9.17, 15) is 8.78 Å². The Kier molecular flexibility index (Phi) is 6.97. The molecular weight excluding hydrogens is 350 g/mol.